The first-order valence-corrected chi connectivity index (χ1v) is 5.89. The van der Waals surface area contributed by atoms with Crippen molar-refractivity contribution in [1.82, 2.24) is 0 Å². The minimum Gasteiger partial charge on any atom is -0.399 e. The number of nitrogens with two attached hydrogens (primary N) is 1. The molecule has 0 atom stereocenters. The van der Waals surface area contributed by atoms with Gasteiger partial charge in [-0.15, -0.1) is 0 Å². The largest absolute Gasteiger partial charge is 0.399 e. The van der Waals surface area contributed by atoms with Crippen LogP contribution in [0.15, 0.2) is 22.7 Å². The highest BCUT2D eigenvalue weighted by Crippen LogP contribution is 2.37. The molecule has 1 fully saturated rings. The Kier molecular flexibility index (Phi) is 2.89. The number of aliphatic hydroxyl groups excluding tert-OH is 1. The number of anilines is 2. The maximum Gasteiger partial charge on any atom is 0.0661 e. The molecule has 0 radical (unpaired) electrons. The van der Waals surface area contributed by atoms with Crippen molar-refractivity contribution < 1.29 is 5.11 Å². The lowest BCUT2D eigenvalue weighted by Gasteiger charge is -2.42. The zero-order valence-electron chi connectivity index (χ0n) is 8.46. The second kappa shape index (κ2) is 4.02. The molecule has 0 aromatic heterocycles. The second-order valence-corrected chi connectivity index (χ2v) is 5.01. The van der Waals surface area contributed by atoms with Crippen LogP contribution in [0.25, 0.3) is 0 Å². The minimum atomic E-state index is -0.112. The average Bonchev–Trinajstić information content (AvgIpc) is 2.14. The fourth-order valence-electron chi connectivity index (χ4n) is 1.84. The predicted octanol–water partition coefficient (Wildman–Crippen LogP) is 2.36. The van der Waals surface area contributed by atoms with Crippen LogP contribution in [0.1, 0.15) is 19.3 Å². The van der Waals surface area contributed by atoms with E-state index in [0.29, 0.717) is 0 Å². The van der Waals surface area contributed by atoms with Crippen LogP contribution in [0.5, 0.6) is 0 Å². The smallest absolute Gasteiger partial charge is 0.0661 e. The summed E-state index contributed by atoms with van der Waals surface area (Å²) in [6.07, 6.45) is 3.24. The fraction of sp³-hybridized carbons (Fsp3) is 0.455. The fourth-order valence-corrected chi connectivity index (χ4v) is 2.34. The van der Waals surface area contributed by atoms with Gasteiger partial charge in [0, 0.05) is 15.8 Å². The van der Waals surface area contributed by atoms with Gasteiger partial charge in [-0.05, 0) is 53.4 Å². The van der Waals surface area contributed by atoms with Crippen LogP contribution in [0.4, 0.5) is 11.4 Å². The number of nitrogen functional groups attached to an aromatic ring is 1. The number of aliphatic hydroxyl groups is 1. The molecular formula is C11H15BrN2O. The van der Waals surface area contributed by atoms with E-state index in [0.717, 1.165) is 28.7 Å². The van der Waals surface area contributed by atoms with Gasteiger partial charge in [0.2, 0.25) is 0 Å². The molecule has 1 aromatic carbocycles. The van der Waals surface area contributed by atoms with Gasteiger partial charge in [0.1, 0.15) is 0 Å². The van der Waals surface area contributed by atoms with Crippen molar-refractivity contribution in [3.63, 3.8) is 0 Å². The molecule has 0 spiro atoms. The first-order chi connectivity index (χ1) is 7.15. The summed E-state index contributed by atoms with van der Waals surface area (Å²) in [6, 6.07) is 5.66. The predicted molar refractivity (Wildman–Crippen MR) is 65.8 cm³/mol. The van der Waals surface area contributed by atoms with Gasteiger partial charge in [0.25, 0.3) is 0 Å². The Morgan fingerprint density at radius 1 is 1.47 bits per heavy atom. The molecule has 1 aromatic rings. The van der Waals surface area contributed by atoms with Crippen LogP contribution >= 0.6 is 15.9 Å². The normalized spacial score (nSPS) is 18.3. The Labute approximate surface area is 97.8 Å². The monoisotopic (exact) mass is 270 g/mol. The number of nitrogens with one attached hydrogen (secondary N) is 1. The van der Waals surface area contributed by atoms with Crippen LogP contribution < -0.4 is 11.1 Å². The molecule has 4 heteroatoms. The molecule has 3 nitrogen and oxygen atoms in total. The molecule has 0 bridgehead atoms. The average molecular weight is 271 g/mol. The lowest BCUT2D eigenvalue weighted by molar-refractivity contribution is 0.144. The SMILES string of the molecule is Nc1ccc(NC2(CO)CCC2)c(Br)c1. The summed E-state index contributed by atoms with van der Waals surface area (Å²) in [7, 11) is 0. The standard InChI is InChI=1S/C11H15BrN2O/c12-9-6-8(13)2-3-10(9)14-11(7-15)4-1-5-11/h2-3,6,14-15H,1,4-5,7,13H2. The molecule has 0 unspecified atom stereocenters. The zero-order chi connectivity index (χ0) is 10.9. The summed E-state index contributed by atoms with van der Waals surface area (Å²) in [6.45, 7) is 0.184. The summed E-state index contributed by atoms with van der Waals surface area (Å²) >= 11 is 3.46. The quantitative estimate of drug-likeness (QED) is 0.740. The molecule has 1 aliphatic carbocycles. The molecule has 0 amide bonds. The van der Waals surface area contributed by atoms with Gasteiger partial charge in [-0.1, -0.05) is 0 Å². The van der Waals surface area contributed by atoms with E-state index in [4.69, 9.17) is 5.73 Å². The lowest BCUT2D eigenvalue weighted by Crippen LogP contribution is -2.48. The molecule has 0 aliphatic heterocycles. The van der Waals surface area contributed by atoms with Gasteiger partial charge in [-0.3, -0.25) is 0 Å². The first-order valence-electron chi connectivity index (χ1n) is 5.09. The van der Waals surface area contributed by atoms with Crippen molar-refractivity contribution in [3.8, 4) is 0 Å². The minimum absolute atomic E-state index is 0.112. The number of hydrogen-bond acceptors (Lipinski definition) is 3. The van der Waals surface area contributed by atoms with E-state index < -0.39 is 0 Å². The van der Waals surface area contributed by atoms with Crippen LogP contribution in [0, 0.1) is 0 Å². The Bertz CT molecular complexity index is 358. The Hall–Kier alpha value is -0.740. The topological polar surface area (TPSA) is 58.3 Å². The summed E-state index contributed by atoms with van der Waals surface area (Å²) in [5.41, 5.74) is 7.28. The maximum absolute atomic E-state index is 9.34. The van der Waals surface area contributed by atoms with Crippen molar-refractivity contribution in [2.45, 2.75) is 24.8 Å². The lowest BCUT2D eigenvalue weighted by atomic mass is 9.77. The van der Waals surface area contributed by atoms with Gasteiger partial charge >= 0.3 is 0 Å². The van der Waals surface area contributed by atoms with E-state index in [1.165, 1.54) is 6.42 Å². The highest BCUT2D eigenvalue weighted by atomic mass is 79.9. The van der Waals surface area contributed by atoms with Crippen molar-refractivity contribution in [3.05, 3.63) is 22.7 Å². The summed E-state index contributed by atoms with van der Waals surface area (Å²) < 4.78 is 0.947. The Morgan fingerprint density at radius 2 is 2.20 bits per heavy atom. The second-order valence-electron chi connectivity index (χ2n) is 4.16. The molecular weight excluding hydrogens is 256 g/mol. The number of benzene rings is 1. The maximum atomic E-state index is 9.34. The van der Waals surface area contributed by atoms with Gasteiger partial charge < -0.3 is 16.2 Å². The molecule has 82 valence electrons. The van der Waals surface area contributed by atoms with Crippen molar-refractivity contribution in [2.24, 2.45) is 0 Å². The molecule has 0 heterocycles. The molecule has 15 heavy (non-hydrogen) atoms. The third-order valence-corrected chi connectivity index (χ3v) is 3.66. The molecule has 4 N–H and O–H groups in total. The van der Waals surface area contributed by atoms with Crippen LogP contribution in [-0.4, -0.2) is 17.3 Å². The third kappa shape index (κ3) is 2.11. The highest BCUT2D eigenvalue weighted by molar-refractivity contribution is 9.10. The third-order valence-electron chi connectivity index (χ3n) is 3.01. The molecule has 1 aliphatic rings. The van der Waals surface area contributed by atoms with E-state index >= 15 is 0 Å². The Morgan fingerprint density at radius 3 is 2.67 bits per heavy atom. The van der Waals surface area contributed by atoms with E-state index in [9.17, 15) is 5.11 Å². The molecule has 1 saturated carbocycles. The highest BCUT2D eigenvalue weighted by Gasteiger charge is 2.36. The number of rotatable bonds is 3. The van der Waals surface area contributed by atoms with Gasteiger partial charge in [-0.25, -0.2) is 0 Å². The number of halogens is 1. The molecule has 2 rings (SSSR count). The van der Waals surface area contributed by atoms with Crippen molar-refractivity contribution >= 4 is 27.3 Å². The van der Waals surface area contributed by atoms with Crippen molar-refractivity contribution in [2.75, 3.05) is 17.7 Å². The van der Waals surface area contributed by atoms with Gasteiger partial charge in [0.15, 0.2) is 0 Å². The number of hydrogen-bond donors (Lipinski definition) is 3. The Balaban J connectivity index is 2.16. The van der Waals surface area contributed by atoms with Crippen LogP contribution in [-0.2, 0) is 0 Å². The van der Waals surface area contributed by atoms with Gasteiger partial charge in [0.05, 0.1) is 12.1 Å². The van der Waals surface area contributed by atoms with Gasteiger partial charge in [-0.2, -0.15) is 0 Å². The zero-order valence-corrected chi connectivity index (χ0v) is 10.0. The van der Waals surface area contributed by atoms with Crippen molar-refractivity contribution in [1.29, 1.82) is 0 Å². The summed E-state index contributed by atoms with van der Waals surface area (Å²) in [5.74, 6) is 0. The summed E-state index contributed by atoms with van der Waals surface area (Å²) in [5, 5.41) is 12.7. The first kappa shape index (κ1) is 10.8. The summed E-state index contributed by atoms with van der Waals surface area (Å²) in [4.78, 5) is 0. The van der Waals surface area contributed by atoms with E-state index in [1.54, 1.807) is 0 Å². The van der Waals surface area contributed by atoms with Crippen LogP contribution in [0.3, 0.4) is 0 Å². The van der Waals surface area contributed by atoms with Crippen LogP contribution in [0.2, 0.25) is 0 Å². The van der Waals surface area contributed by atoms with E-state index in [-0.39, 0.29) is 12.1 Å². The van der Waals surface area contributed by atoms with E-state index in [2.05, 4.69) is 21.2 Å². The molecule has 0 saturated heterocycles. The van der Waals surface area contributed by atoms with E-state index in [1.807, 2.05) is 18.2 Å².